The summed E-state index contributed by atoms with van der Waals surface area (Å²) < 4.78 is 0. The molecule has 0 fully saturated rings. The van der Waals surface area contributed by atoms with E-state index in [4.69, 9.17) is 5.26 Å². The van der Waals surface area contributed by atoms with Crippen LogP contribution in [0.1, 0.15) is 36.0 Å². The van der Waals surface area contributed by atoms with Gasteiger partial charge in [-0.15, -0.1) is 0 Å². The minimum Gasteiger partial charge on any atom is -0.352 e. The van der Waals surface area contributed by atoms with Gasteiger partial charge in [-0.3, -0.25) is 9.78 Å². The Bertz CT molecular complexity index is 647. The van der Waals surface area contributed by atoms with Crippen molar-refractivity contribution in [3.05, 3.63) is 65.5 Å². The van der Waals surface area contributed by atoms with E-state index in [9.17, 15) is 4.79 Å². The lowest BCUT2D eigenvalue weighted by molar-refractivity contribution is -0.121. The van der Waals surface area contributed by atoms with Crippen LogP contribution in [0, 0.1) is 11.3 Å². The van der Waals surface area contributed by atoms with Crippen molar-refractivity contribution in [1.82, 2.24) is 10.3 Å². The number of carbonyl (C=O) groups excluding carboxylic acids is 1. The molecule has 0 saturated heterocycles. The molecule has 0 aliphatic rings. The predicted molar refractivity (Wildman–Crippen MR) is 80.3 cm³/mol. The number of nitrogens with zero attached hydrogens (tertiary/aromatic N) is 2. The maximum atomic E-state index is 12.0. The van der Waals surface area contributed by atoms with Gasteiger partial charge in [0.15, 0.2) is 0 Å². The molecule has 2 rings (SSSR count). The SMILES string of the molecule is C[C@H](CC(=O)NCc1cccc(C#N)c1)c1ccncc1. The molecule has 0 aliphatic heterocycles. The summed E-state index contributed by atoms with van der Waals surface area (Å²) >= 11 is 0. The molecule has 0 aliphatic carbocycles. The first-order chi connectivity index (χ1) is 10.2. The Balaban J connectivity index is 1.86. The van der Waals surface area contributed by atoms with Crippen LogP contribution in [-0.2, 0) is 11.3 Å². The van der Waals surface area contributed by atoms with Crippen LogP contribution in [0.25, 0.3) is 0 Å². The number of hydrogen-bond acceptors (Lipinski definition) is 3. The number of nitrogens with one attached hydrogen (secondary N) is 1. The number of amides is 1. The summed E-state index contributed by atoms with van der Waals surface area (Å²) in [7, 11) is 0. The van der Waals surface area contributed by atoms with Gasteiger partial charge in [0.25, 0.3) is 0 Å². The maximum Gasteiger partial charge on any atom is 0.220 e. The zero-order chi connectivity index (χ0) is 15.1. The minimum absolute atomic E-state index is 0.00155. The molecule has 1 amide bonds. The fourth-order valence-corrected chi connectivity index (χ4v) is 2.11. The topological polar surface area (TPSA) is 65.8 Å². The molecule has 4 nitrogen and oxygen atoms in total. The molecule has 1 aromatic heterocycles. The van der Waals surface area contributed by atoms with E-state index < -0.39 is 0 Å². The number of carbonyl (C=O) groups is 1. The van der Waals surface area contributed by atoms with Crippen LogP contribution in [0.3, 0.4) is 0 Å². The first-order valence-electron chi connectivity index (χ1n) is 6.84. The molecule has 0 saturated carbocycles. The van der Waals surface area contributed by atoms with Crippen LogP contribution < -0.4 is 5.32 Å². The van der Waals surface area contributed by atoms with Gasteiger partial charge in [-0.05, 0) is 41.3 Å². The van der Waals surface area contributed by atoms with E-state index in [1.807, 2.05) is 31.2 Å². The lowest BCUT2D eigenvalue weighted by Gasteiger charge is -2.12. The third kappa shape index (κ3) is 4.43. The van der Waals surface area contributed by atoms with Gasteiger partial charge in [0.05, 0.1) is 11.6 Å². The van der Waals surface area contributed by atoms with Crippen molar-refractivity contribution >= 4 is 5.91 Å². The zero-order valence-corrected chi connectivity index (χ0v) is 11.9. The van der Waals surface area contributed by atoms with Crippen molar-refractivity contribution < 1.29 is 4.79 Å². The van der Waals surface area contributed by atoms with E-state index in [1.165, 1.54) is 0 Å². The van der Waals surface area contributed by atoms with Crippen LogP contribution in [0.5, 0.6) is 0 Å². The third-order valence-corrected chi connectivity index (χ3v) is 3.31. The summed E-state index contributed by atoms with van der Waals surface area (Å²) in [6.45, 7) is 2.46. The molecule has 1 N–H and O–H groups in total. The van der Waals surface area contributed by atoms with Crippen LogP contribution in [0.4, 0.5) is 0 Å². The standard InChI is InChI=1S/C17H17N3O/c1-13(16-5-7-19-8-6-16)9-17(21)20-12-15-4-2-3-14(10-15)11-18/h2-8,10,13H,9,12H2,1H3,(H,20,21)/t13-/m1/s1. The highest BCUT2D eigenvalue weighted by molar-refractivity contribution is 5.76. The molecule has 1 heterocycles. The number of hydrogen-bond donors (Lipinski definition) is 1. The second-order valence-corrected chi connectivity index (χ2v) is 4.97. The Morgan fingerprint density at radius 2 is 2.10 bits per heavy atom. The Hall–Kier alpha value is -2.67. The first kappa shape index (κ1) is 14.7. The van der Waals surface area contributed by atoms with Gasteiger partial charge in [0, 0.05) is 25.4 Å². The van der Waals surface area contributed by atoms with E-state index in [-0.39, 0.29) is 11.8 Å². The lowest BCUT2D eigenvalue weighted by atomic mass is 9.98. The lowest BCUT2D eigenvalue weighted by Crippen LogP contribution is -2.24. The van der Waals surface area contributed by atoms with Gasteiger partial charge in [-0.2, -0.15) is 5.26 Å². The summed E-state index contributed by atoms with van der Waals surface area (Å²) in [5, 5.41) is 11.7. The fourth-order valence-electron chi connectivity index (χ4n) is 2.11. The Labute approximate surface area is 124 Å². The first-order valence-corrected chi connectivity index (χ1v) is 6.84. The highest BCUT2D eigenvalue weighted by Crippen LogP contribution is 2.17. The zero-order valence-electron chi connectivity index (χ0n) is 11.9. The van der Waals surface area contributed by atoms with Gasteiger partial charge in [0.2, 0.25) is 5.91 Å². The molecule has 2 aromatic rings. The molecule has 0 spiro atoms. The number of aromatic nitrogens is 1. The monoisotopic (exact) mass is 279 g/mol. The van der Waals surface area contributed by atoms with Crippen molar-refractivity contribution in [2.24, 2.45) is 0 Å². The summed E-state index contributed by atoms with van der Waals surface area (Å²) in [6, 6.07) is 13.2. The summed E-state index contributed by atoms with van der Waals surface area (Å²) in [5.74, 6) is 0.153. The fraction of sp³-hybridized carbons (Fsp3) is 0.235. The Morgan fingerprint density at radius 3 is 2.81 bits per heavy atom. The van der Waals surface area contributed by atoms with Gasteiger partial charge < -0.3 is 5.32 Å². The van der Waals surface area contributed by atoms with Gasteiger partial charge in [-0.25, -0.2) is 0 Å². The van der Waals surface area contributed by atoms with Gasteiger partial charge >= 0.3 is 0 Å². The molecule has 1 atom stereocenters. The summed E-state index contributed by atoms with van der Waals surface area (Å²) in [4.78, 5) is 15.9. The average molecular weight is 279 g/mol. The van der Waals surface area contributed by atoms with E-state index in [0.717, 1.165) is 11.1 Å². The molecule has 21 heavy (non-hydrogen) atoms. The second kappa shape index (κ2) is 7.20. The Kier molecular flexibility index (Phi) is 5.05. The normalized spacial score (nSPS) is 11.4. The summed E-state index contributed by atoms with van der Waals surface area (Å²) in [6.07, 6.45) is 3.90. The van der Waals surface area contributed by atoms with Crippen molar-refractivity contribution in [3.63, 3.8) is 0 Å². The maximum absolute atomic E-state index is 12.0. The number of rotatable bonds is 5. The molecule has 1 aromatic carbocycles. The van der Waals surface area contributed by atoms with E-state index in [2.05, 4.69) is 16.4 Å². The summed E-state index contributed by atoms with van der Waals surface area (Å²) in [5.41, 5.74) is 2.64. The molecule has 0 unspecified atom stereocenters. The van der Waals surface area contributed by atoms with E-state index >= 15 is 0 Å². The van der Waals surface area contributed by atoms with Crippen molar-refractivity contribution in [1.29, 1.82) is 5.26 Å². The Morgan fingerprint density at radius 1 is 1.33 bits per heavy atom. The molecule has 0 radical (unpaired) electrons. The number of nitriles is 1. The van der Waals surface area contributed by atoms with Crippen LogP contribution in [0.15, 0.2) is 48.8 Å². The van der Waals surface area contributed by atoms with Crippen molar-refractivity contribution in [2.75, 3.05) is 0 Å². The molecule has 4 heteroatoms. The highest BCUT2D eigenvalue weighted by atomic mass is 16.1. The predicted octanol–water partition coefficient (Wildman–Crippen LogP) is 2.76. The largest absolute Gasteiger partial charge is 0.352 e. The molecular formula is C17H17N3O. The highest BCUT2D eigenvalue weighted by Gasteiger charge is 2.10. The molecule has 106 valence electrons. The van der Waals surface area contributed by atoms with Crippen LogP contribution >= 0.6 is 0 Å². The minimum atomic E-state index is 0.00155. The molecule has 0 bridgehead atoms. The van der Waals surface area contributed by atoms with Crippen LogP contribution in [0.2, 0.25) is 0 Å². The van der Waals surface area contributed by atoms with Crippen molar-refractivity contribution in [3.8, 4) is 6.07 Å². The van der Waals surface area contributed by atoms with E-state index in [1.54, 1.807) is 24.5 Å². The van der Waals surface area contributed by atoms with Gasteiger partial charge in [0.1, 0.15) is 0 Å². The molecular weight excluding hydrogens is 262 g/mol. The van der Waals surface area contributed by atoms with Crippen LogP contribution in [-0.4, -0.2) is 10.9 Å². The number of pyridine rings is 1. The van der Waals surface area contributed by atoms with Gasteiger partial charge in [-0.1, -0.05) is 19.1 Å². The average Bonchev–Trinajstić information content (AvgIpc) is 2.54. The third-order valence-electron chi connectivity index (χ3n) is 3.31. The number of benzene rings is 1. The quantitative estimate of drug-likeness (QED) is 0.915. The second-order valence-electron chi connectivity index (χ2n) is 4.97. The van der Waals surface area contributed by atoms with E-state index in [0.29, 0.717) is 18.5 Å². The smallest absolute Gasteiger partial charge is 0.220 e. The van der Waals surface area contributed by atoms with Crippen molar-refractivity contribution in [2.45, 2.75) is 25.8 Å².